The number of carbonyl (C=O) groups is 1. The van der Waals surface area contributed by atoms with Crippen LogP contribution in [-0.4, -0.2) is 15.9 Å². The van der Waals surface area contributed by atoms with Gasteiger partial charge < -0.3 is 0 Å². The summed E-state index contributed by atoms with van der Waals surface area (Å²) in [7, 11) is 0. The van der Waals surface area contributed by atoms with E-state index in [0.29, 0.717) is 10.0 Å². The first-order valence-electron chi connectivity index (χ1n) is 10.3. The molecule has 0 fully saturated rings. The van der Waals surface area contributed by atoms with Crippen molar-refractivity contribution in [3.63, 3.8) is 0 Å². The third kappa shape index (κ3) is 2.82. The molecule has 3 aromatic carbocycles. The fourth-order valence-electron chi connectivity index (χ4n) is 4.47. The number of thiophene rings is 1. The molecule has 0 radical (unpaired) electrons. The van der Waals surface area contributed by atoms with Crippen molar-refractivity contribution in [3.05, 3.63) is 76.7 Å². The van der Waals surface area contributed by atoms with E-state index in [9.17, 15) is 4.79 Å². The lowest BCUT2D eigenvalue weighted by Gasteiger charge is -2.02. The quantitative estimate of drug-likeness (QED) is 0.300. The number of amides is 1. The maximum absolute atomic E-state index is 13.0. The highest BCUT2D eigenvalue weighted by Crippen LogP contribution is 2.39. The van der Waals surface area contributed by atoms with E-state index in [0.717, 1.165) is 43.2 Å². The van der Waals surface area contributed by atoms with Crippen LogP contribution < -0.4 is 5.32 Å². The predicted molar refractivity (Wildman–Crippen MR) is 135 cm³/mol. The molecular weight excluding hydrogens is 454 g/mol. The Labute approximate surface area is 195 Å². The van der Waals surface area contributed by atoms with Crippen molar-refractivity contribution >= 4 is 76.3 Å². The average molecular weight is 470 g/mol. The Hall–Kier alpha value is -3.13. The van der Waals surface area contributed by atoms with Gasteiger partial charge in [-0.15, -0.1) is 22.7 Å². The molecule has 7 heteroatoms. The number of para-hydroxylation sites is 1. The molecule has 1 aliphatic rings. The molecule has 0 unspecified atom stereocenters. The molecule has 1 N–H and O–H groups in total. The highest BCUT2D eigenvalue weighted by Gasteiger charge is 2.20. The van der Waals surface area contributed by atoms with Crippen molar-refractivity contribution in [2.75, 3.05) is 5.32 Å². The summed E-state index contributed by atoms with van der Waals surface area (Å²) in [5.41, 5.74) is 4.76. The first-order chi connectivity index (χ1) is 15.7. The largest absolute Gasteiger partial charge is 0.297 e. The van der Waals surface area contributed by atoms with E-state index < -0.39 is 0 Å². The van der Waals surface area contributed by atoms with Gasteiger partial charge in [-0.3, -0.25) is 10.1 Å². The van der Waals surface area contributed by atoms with Gasteiger partial charge in [-0.05, 0) is 59.7 Å². The van der Waals surface area contributed by atoms with Crippen molar-refractivity contribution in [3.8, 4) is 9.88 Å². The van der Waals surface area contributed by atoms with Gasteiger partial charge in [-0.1, -0.05) is 41.7 Å². The molecule has 6 aromatic rings. The molecule has 154 valence electrons. The van der Waals surface area contributed by atoms with E-state index in [-0.39, 0.29) is 5.91 Å². The lowest BCUT2D eigenvalue weighted by atomic mass is 10.0. The molecular formula is C25H15N3OS3. The summed E-state index contributed by atoms with van der Waals surface area (Å²) in [4.78, 5) is 24.1. The van der Waals surface area contributed by atoms with Crippen LogP contribution in [0.3, 0.4) is 0 Å². The first kappa shape index (κ1) is 18.4. The van der Waals surface area contributed by atoms with Crippen LogP contribution in [0, 0.1) is 0 Å². The zero-order valence-electron chi connectivity index (χ0n) is 16.7. The van der Waals surface area contributed by atoms with Gasteiger partial charge in [0.1, 0.15) is 5.01 Å². The van der Waals surface area contributed by atoms with Crippen LogP contribution in [0.5, 0.6) is 0 Å². The van der Waals surface area contributed by atoms with E-state index in [1.165, 1.54) is 33.2 Å². The highest BCUT2D eigenvalue weighted by atomic mass is 32.1. The Morgan fingerprint density at radius 3 is 2.69 bits per heavy atom. The highest BCUT2D eigenvalue weighted by molar-refractivity contribution is 7.26. The van der Waals surface area contributed by atoms with Crippen LogP contribution in [0.25, 0.3) is 41.1 Å². The molecule has 7 rings (SSSR count). The Kier molecular flexibility index (Phi) is 4.00. The van der Waals surface area contributed by atoms with E-state index in [2.05, 4.69) is 35.6 Å². The molecule has 3 aromatic heterocycles. The summed E-state index contributed by atoms with van der Waals surface area (Å²) in [5.74, 6) is -0.126. The number of anilines is 1. The first-order valence-corrected chi connectivity index (χ1v) is 12.8. The summed E-state index contributed by atoms with van der Waals surface area (Å²) in [6.07, 6.45) is 2.18. The number of aryl methyl sites for hydroxylation is 2. The predicted octanol–water partition coefficient (Wildman–Crippen LogP) is 7.14. The second-order valence-electron chi connectivity index (χ2n) is 7.85. The molecule has 4 nitrogen and oxygen atoms in total. The maximum Gasteiger partial charge on any atom is 0.267 e. The summed E-state index contributed by atoms with van der Waals surface area (Å²) in [6, 6.07) is 20.7. The summed E-state index contributed by atoms with van der Waals surface area (Å²) >= 11 is 4.66. The van der Waals surface area contributed by atoms with E-state index >= 15 is 0 Å². The average Bonchev–Trinajstić information content (AvgIpc) is 3.59. The van der Waals surface area contributed by atoms with E-state index in [1.807, 2.05) is 30.3 Å². The Bertz CT molecular complexity index is 1660. The summed E-state index contributed by atoms with van der Waals surface area (Å²) in [6.45, 7) is 0. The number of hydrogen-bond acceptors (Lipinski definition) is 6. The number of aromatic nitrogens is 2. The van der Waals surface area contributed by atoms with Gasteiger partial charge in [-0.2, -0.15) is 0 Å². The number of nitrogens with zero attached hydrogens (tertiary/aromatic N) is 2. The van der Waals surface area contributed by atoms with Crippen molar-refractivity contribution < 1.29 is 4.79 Å². The second kappa shape index (κ2) is 6.93. The van der Waals surface area contributed by atoms with Gasteiger partial charge >= 0.3 is 0 Å². The molecule has 0 bridgehead atoms. The van der Waals surface area contributed by atoms with Gasteiger partial charge in [0.15, 0.2) is 5.13 Å². The summed E-state index contributed by atoms with van der Waals surface area (Å²) in [5, 5.41) is 7.15. The van der Waals surface area contributed by atoms with Crippen LogP contribution in [-0.2, 0) is 12.8 Å². The molecule has 0 spiro atoms. The van der Waals surface area contributed by atoms with Crippen LogP contribution in [0.4, 0.5) is 5.13 Å². The Morgan fingerprint density at radius 2 is 1.75 bits per heavy atom. The topological polar surface area (TPSA) is 54.9 Å². The second-order valence-corrected chi connectivity index (χ2v) is 11.0. The molecule has 0 aliphatic heterocycles. The minimum Gasteiger partial charge on any atom is -0.297 e. The van der Waals surface area contributed by atoms with Crippen molar-refractivity contribution in [2.45, 2.75) is 12.8 Å². The van der Waals surface area contributed by atoms with Gasteiger partial charge in [0.05, 0.1) is 30.2 Å². The monoisotopic (exact) mass is 469 g/mol. The van der Waals surface area contributed by atoms with Crippen LogP contribution >= 0.6 is 34.0 Å². The zero-order valence-corrected chi connectivity index (χ0v) is 19.2. The van der Waals surface area contributed by atoms with Crippen LogP contribution in [0.2, 0.25) is 0 Å². The van der Waals surface area contributed by atoms with Crippen molar-refractivity contribution in [2.24, 2.45) is 0 Å². The van der Waals surface area contributed by atoms with Gasteiger partial charge in [-0.25, -0.2) is 9.97 Å². The molecule has 0 atom stereocenters. The molecule has 3 heterocycles. The van der Waals surface area contributed by atoms with Gasteiger partial charge in [0.2, 0.25) is 0 Å². The Morgan fingerprint density at radius 1 is 0.844 bits per heavy atom. The lowest BCUT2D eigenvalue weighted by molar-refractivity contribution is 0.103. The lowest BCUT2D eigenvalue weighted by Crippen LogP contribution is -2.09. The number of rotatable bonds is 3. The number of thiazole rings is 2. The third-order valence-corrected chi connectivity index (χ3v) is 9.11. The van der Waals surface area contributed by atoms with Gasteiger partial charge in [0.25, 0.3) is 5.91 Å². The van der Waals surface area contributed by atoms with Crippen molar-refractivity contribution in [1.82, 2.24) is 9.97 Å². The van der Waals surface area contributed by atoms with Crippen LogP contribution in [0.1, 0.15) is 20.8 Å². The molecule has 1 amide bonds. The minimum atomic E-state index is -0.126. The van der Waals surface area contributed by atoms with Gasteiger partial charge in [0, 0.05) is 5.39 Å². The van der Waals surface area contributed by atoms with Crippen molar-refractivity contribution in [1.29, 1.82) is 0 Å². The Balaban J connectivity index is 1.21. The van der Waals surface area contributed by atoms with E-state index in [4.69, 9.17) is 9.97 Å². The standard InChI is InChI=1S/C25H15N3OS3/c29-23(18-10-11-19(30-18)24-26-16-6-1-2-7-17(16)31-24)28-25-27-22-15-5-3-4-13-8-9-14(21(13)15)12-20(22)32-25/h1-7,10-12H,8-9H2,(H,27,28,29). The number of fused-ring (bicyclic) bond motifs is 3. The SMILES string of the molecule is O=C(Nc1nc2c(cc3c4c(cccc42)CC3)s1)c1ccc(-c2nc3ccccc3s2)s1. The number of hydrogen-bond donors (Lipinski definition) is 1. The normalized spacial score (nSPS) is 12.9. The maximum atomic E-state index is 13.0. The number of benzene rings is 3. The van der Waals surface area contributed by atoms with Crippen LogP contribution in [0.15, 0.2) is 60.7 Å². The molecule has 0 saturated heterocycles. The molecule has 32 heavy (non-hydrogen) atoms. The molecule has 0 saturated carbocycles. The molecule has 1 aliphatic carbocycles. The summed E-state index contributed by atoms with van der Waals surface area (Å²) < 4.78 is 2.28. The minimum absolute atomic E-state index is 0.126. The zero-order chi connectivity index (χ0) is 21.2. The smallest absolute Gasteiger partial charge is 0.267 e. The third-order valence-electron chi connectivity index (χ3n) is 5.90. The fourth-order valence-corrected chi connectivity index (χ4v) is 7.33. The number of carbonyl (C=O) groups excluding carboxylic acids is 1. The van der Waals surface area contributed by atoms with E-state index in [1.54, 1.807) is 22.7 Å². The fraction of sp³-hybridized carbons (Fsp3) is 0.0800. The number of nitrogens with one attached hydrogen (secondary N) is 1.